The first-order valence-corrected chi connectivity index (χ1v) is 11.6. The molecule has 0 saturated heterocycles. The van der Waals surface area contributed by atoms with Crippen LogP contribution in [-0.2, 0) is 4.79 Å². The number of aromatic nitrogens is 2. The van der Waals surface area contributed by atoms with Crippen molar-refractivity contribution in [3.63, 3.8) is 0 Å². The normalized spacial score (nSPS) is 10.4. The molecule has 1 heterocycles. The first-order valence-electron chi connectivity index (χ1n) is 10.8. The smallest absolute Gasteiger partial charge is 0.257 e. The zero-order valence-electron chi connectivity index (χ0n) is 18.9. The molecule has 0 aliphatic carbocycles. The van der Waals surface area contributed by atoms with Gasteiger partial charge >= 0.3 is 0 Å². The highest BCUT2D eigenvalue weighted by molar-refractivity contribution is 7.18. The van der Waals surface area contributed by atoms with Crippen molar-refractivity contribution < 1.29 is 19.1 Å². The fourth-order valence-corrected chi connectivity index (χ4v) is 3.99. The highest BCUT2D eigenvalue weighted by atomic mass is 32.1. The summed E-state index contributed by atoms with van der Waals surface area (Å²) in [6.07, 6.45) is 0.146. The molecule has 4 rings (SSSR count). The van der Waals surface area contributed by atoms with E-state index in [-0.39, 0.29) is 30.4 Å². The molecular formula is C26H22N4O4S. The lowest BCUT2D eigenvalue weighted by Crippen LogP contribution is -2.15. The average Bonchev–Trinajstić information content (AvgIpc) is 3.36. The van der Waals surface area contributed by atoms with Gasteiger partial charge in [0, 0.05) is 35.2 Å². The van der Waals surface area contributed by atoms with Gasteiger partial charge in [0.2, 0.25) is 11.0 Å². The first-order chi connectivity index (χ1) is 17.0. The number of amides is 2. The highest BCUT2D eigenvalue weighted by Gasteiger charge is 2.13. The van der Waals surface area contributed by atoms with E-state index in [4.69, 9.17) is 4.74 Å². The van der Waals surface area contributed by atoms with Crippen LogP contribution in [0.2, 0.25) is 0 Å². The van der Waals surface area contributed by atoms with Crippen LogP contribution in [0.4, 0.5) is 10.8 Å². The predicted octanol–water partition coefficient (Wildman–Crippen LogP) is 5.07. The highest BCUT2D eigenvalue weighted by Crippen LogP contribution is 2.28. The minimum Gasteiger partial charge on any atom is -0.497 e. The molecule has 0 fully saturated rings. The number of rotatable bonds is 9. The van der Waals surface area contributed by atoms with Gasteiger partial charge in [-0.15, -0.1) is 10.2 Å². The van der Waals surface area contributed by atoms with Crippen molar-refractivity contribution in [2.24, 2.45) is 0 Å². The van der Waals surface area contributed by atoms with Gasteiger partial charge in [0.1, 0.15) is 10.8 Å². The number of nitrogens with zero attached hydrogens (tertiary/aromatic N) is 2. The quantitative estimate of drug-likeness (QED) is 0.320. The molecule has 0 atom stereocenters. The first kappa shape index (κ1) is 23.8. The van der Waals surface area contributed by atoms with Crippen molar-refractivity contribution in [2.75, 3.05) is 17.7 Å². The number of ether oxygens (including phenoxy) is 1. The van der Waals surface area contributed by atoms with E-state index in [2.05, 4.69) is 20.8 Å². The van der Waals surface area contributed by atoms with E-state index in [0.717, 1.165) is 11.3 Å². The molecule has 176 valence electrons. The summed E-state index contributed by atoms with van der Waals surface area (Å²) in [5.74, 6) is -0.0422. The zero-order valence-corrected chi connectivity index (χ0v) is 19.7. The number of anilines is 2. The summed E-state index contributed by atoms with van der Waals surface area (Å²) in [5.41, 5.74) is 2.25. The van der Waals surface area contributed by atoms with Gasteiger partial charge in [-0.25, -0.2) is 0 Å². The van der Waals surface area contributed by atoms with Crippen molar-refractivity contribution >= 4 is 39.8 Å². The van der Waals surface area contributed by atoms with Gasteiger partial charge < -0.3 is 10.1 Å². The van der Waals surface area contributed by atoms with E-state index in [9.17, 15) is 14.4 Å². The SMILES string of the molecule is COc1ccc(-c2nnc(NC(=O)c3cccc(NC(=O)CCC(=O)c4ccccc4)c3)s2)cc1. The Labute approximate surface area is 206 Å². The second-order valence-corrected chi connectivity index (χ2v) is 8.49. The fraction of sp³-hybridized carbons (Fsp3) is 0.115. The number of hydrogen-bond acceptors (Lipinski definition) is 7. The molecule has 0 bridgehead atoms. The largest absolute Gasteiger partial charge is 0.497 e. The fourth-order valence-electron chi connectivity index (χ4n) is 3.25. The van der Waals surface area contributed by atoms with E-state index in [1.54, 1.807) is 55.6 Å². The molecular weight excluding hydrogens is 464 g/mol. The van der Waals surface area contributed by atoms with Gasteiger partial charge in [-0.3, -0.25) is 19.7 Å². The maximum absolute atomic E-state index is 12.7. The molecule has 1 aromatic heterocycles. The van der Waals surface area contributed by atoms with E-state index < -0.39 is 0 Å². The summed E-state index contributed by atoms with van der Waals surface area (Å²) >= 11 is 1.25. The Hall–Kier alpha value is -4.37. The molecule has 0 spiro atoms. The molecule has 8 nitrogen and oxygen atoms in total. The maximum atomic E-state index is 12.7. The standard InChI is InChI=1S/C26H22N4O4S/c1-34-21-12-10-18(11-13-21)25-29-30-26(35-25)28-24(33)19-8-5-9-20(16-19)27-23(32)15-14-22(31)17-6-3-2-4-7-17/h2-13,16H,14-15H2,1H3,(H,27,32)(H,28,30,33). The monoisotopic (exact) mass is 486 g/mol. The van der Waals surface area contributed by atoms with E-state index in [1.807, 2.05) is 30.3 Å². The van der Waals surface area contributed by atoms with Gasteiger partial charge in [-0.2, -0.15) is 0 Å². The third-order valence-electron chi connectivity index (χ3n) is 5.07. The summed E-state index contributed by atoms with van der Waals surface area (Å²) in [6, 6.07) is 22.8. The van der Waals surface area contributed by atoms with Crippen molar-refractivity contribution in [3.8, 4) is 16.3 Å². The van der Waals surface area contributed by atoms with Gasteiger partial charge in [0.15, 0.2) is 5.78 Å². The number of ketones is 1. The summed E-state index contributed by atoms with van der Waals surface area (Å²) in [5, 5.41) is 14.7. The van der Waals surface area contributed by atoms with Crippen LogP contribution in [0.3, 0.4) is 0 Å². The van der Waals surface area contributed by atoms with E-state index >= 15 is 0 Å². The molecule has 3 aromatic carbocycles. The second-order valence-electron chi connectivity index (χ2n) is 7.51. The Balaban J connectivity index is 1.33. The van der Waals surface area contributed by atoms with Crippen LogP contribution in [-0.4, -0.2) is 34.9 Å². The van der Waals surface area contributed by atoms with Crippen LogP contribution in [0, 0.1) is 0 Å². The van der Waals surface area contributed by atoms with Crippen molar-refractivity contribution in [3.05, 3.63) is 90.0 Å². The molecule has 9 heteroatoms. The Bertz CT molecular complexity index is 1340. The minimum absolute atomic E-state index is 0.0447. The van der Waals surface area contributed by atoms with E-state index in [1.165, 1.54) is 11.3 Å². The van der Waals surface area contributed by atoms with Crippen LogP contribution in [0.25, 0.3) is 10.6 Å². The van der Waals surface area contributed by atoms with Crippen molar-refractivity contribution in [1.29, 1.82) is 0 Å². The Morgan fingerprint density at radius 1 is 0.829 bits per heavy atom. The molecule has 0 saturated carbocycles. The number of nitrogens with one attached hydrogen (secondary N) is 2. The molecule has 0 aliphatic rings. The Kier molecular flexibility index (Phi) is 7.59. The van der Waals surface area contributed by atoms with Crippen molar-refractivity contribution in [2.45, 2.75) is 12.8 Å². The lowest BCUT2D eigenvalue weighted by Gasteiger charge is -2.07. The minimum atomic E-state index is -0.377. The number of methoxy groups -OCH3 is 1. The number of benzene rings is 3. The summed E-state index contributed by atoms with van der Waals surface area (Å²) in [6.45, 7) is 0. The van der Waals surface area contributed by atoms with Gasteiger partial charge in [0.25, 0.3) is 5.91 Å². The molecule has 4 aromatic rings. The van der Waals surface area contributed by atoms with Crippen LogP contribution in [0.1, 0.15) is 33.6 Å². The molecule has 2 N–H and O–H groups in total. The van der Waals surface area contributed by atoms with Gasteiger partial charge in [-0.05, 0) is 42.5 Å². The predicted molar refractivity (Wildman–Crippen MR) is 135 cm³/mol. The Morgan fingerprint density at radius 3 is 2.31 bits per heavy atom. The molecule has 2 amide bonds. The zero-order chi connectivity index (χ0) is 24.6. The summed E-state index contributed by atoms with van der Waals surface area (Å²) in [7, 11) is 1.60. The number of carbonyl (C=O) groups excluding carboxylic acids is 3. The van der Waals surface area contributed by atoms with Crippen LogP contribution in [0.5, 0.6) is 5.75 Å². The number of carbonyl (C=O) groups is 3. The third kappa shape index (κ3) is 6.36. The Morgan fingerprint density at radius 2 is 1.57 bits per heavy atom. The third-order valence-corrected chi connectivity index (χ3v) is 5.95. The number of hydrogen-bond donors (Lipinski definition) is 2. The lowest BCUT2D eigenvalue weighted by atomic mass is 10.1. The summed E-state index contributed by atoms with van der Waals surface area (Å²) < 4.78 is 5.16. The number of Topliss-reactive ketones (excluding diaryl/α,β-unsaturated/α-hetero) is 1. The van der Waals surface area contributed by atoms with Crippen LogP contribution in [0.15, 0.2) is 78.9 Å². The van der Waals surface area contributed by atoms with Crippen LogP contribution >= 0.6 is 11.3 Å². The molecule has 35 heavy (non-hydrogen) atoms. The van der Waals surface area contributed by atoms with Gasteiger partial charge in [-0.1, -0.05) is 47.7 Å². The molecule has 0 unspecified atom stereocenters. The lowest BCUT2D eigenvalue weighted by molar-refractivity contribution is -0.116. The van der Waals surface area contributed by atoms with Crippen LogP contribution < -0.4 is 15.4 Å². The van der Waals surface area contributed by atoms with E-state index in [0.29, 0.717) is 27.0 Å². The summed E-state index contributed by atoms with van der Waals surface area (Å²) in [4.78, 5) is 37.2. The molecule has 0 aliphatic heterocycles. The topological polar surface area (TPSA) is 110 Å². The molecule has 0 radical (unpaired) electrons. The maximum Gasteiger partial charge on any atom is 0.257 e. The van der Waals surface area contributed by atoms with Crippen molar-refractivity contribution in [1.82, 2.24) is 10.2 Å². The van der Waals surface area contributed by atoms with Gasteiger partial charge in [0.05, 0.1) is 7.11 Å². The average molecular weight is 487 g/mol. The second kappa shape index (κ2) is 11.2.